The molecule has 0 spiro atoms. The fraction of sp³-hybridized carbons (Fsp3) is 0.333. The van der Waals surface area contributed by atoms with Crippen molar-refractivity contribution in [2.24, 2.45) is 0 Å². The second kappa shape index (κ2) is 8.85. The fourth-order valence-electron chi connectivity index (χ4n) is 4.07. The van der Waals surface area contributed by atoms with Gasteiger partial charge in [-0.15, -0.1) is 0 Å². The lowest BCUT2D eigenvalue weighted by Crippen LogP contribution is -2.32. The van der Waals surface area contributed by atoms with E-state index >= 15 is 0 Å². The third kappa shape index (κ3) is 4.12. The lowest BCUT2D eigenvalue weighted by Gasteiger charge is -2.26. The number of benzene rings is 2. The Morgan fingerprint density at radius 1 is 1.16 bits per heavy atom. The van der Waals surface area contributed by atoms with Crippen molar-refractivity contribution in [2.75, 3.05) is 33.8 Å². The van der Waals surface area contributed by atoms with Crippen molar-refractivity contribution in [1.82, 2.24) is 9.80 Å². The highest BCUT2D eigenvalue weighted by atomic mass is 79.9. The van der Waals surface area contributed by atoms with E-state index in [4.69, 9.17) is 9.15 Å². The molecule has 4 rings (SSSR count). The highest BCUT2D eigenvalue weighted by Gasteiger charge is 2.42. The molecule has 6 nitrogen and oxygen atoms in total. The topological polar surface area (TPSA) is 63.0 Å². The van der Waals surface area contributed by atoms with Gasteiger partial charge in [-0.05, 0) is 69.9 Å². The fourth-order valence-corrected chi connectivity index (χ4v) is 4.43. The molecule has 3 aromatic rings. The average molecular weight is 485 g/mol. The molecule has 1 amide bonds. The molecule has 2 heterocycles. The molecule has 1 aromatic heterocycles. The largest absolute Gasteiger partial charge is 0.494 e. The van der Waals surface area contributed by atoms with Crippen LogP contribution in [0.25, 0.3) is 11.0 Å². The summed E-state index contributed by atoms with van der Waals surface area (Å²) in [7, 11) is 4.00. The van der Waals surface area contributed by atoms with Crippen LogP contribution in [0.3, 0.4) is 0 Å². The van der Waals surface area contributed by atoms with E-state index in [1.807, 2.05) is 45.3 Å². The standard InChI is InChI=1S/C24H25BrN2O4/c1-4-30-17-8-5-7-15(13-17)21-20-22(28)18-14-16(25)9-10-19(18)31-23(20)24(29)27(21)12-6-11-26(2)3/h5,7-10,13-14,21H,4,6,11-12H2,1-3H3. The number of hydrogen-bond donors (Lipinski definition) is 0. The molecule has 7 heteroatoms. The Labute approximate surface area is 189 Å². The molecule has 0 N–H and O–H groups in total. The van der Waals surface area contributed by atoms with Gasteiger partial charge >= 0.3 is 0 Å². The smallest absolute Gasteiger partial charge is 0.290 e. The van der Waals surface area contributed by atoms with Crippen LogP contribution >= 0.6 is 15.9 Å². The normalized spacial score (nSPS) is 15.7. The number of rotatable bonds is 7. The highest BCUT2D eigenvalue weighted by Crippen LogP contribution is 2.39. The molecule has 1 aliphatic rings. The zero-order valence-corrected chi connectivity index (χ0v) is 19.4. The first-order valence-electron chi connectivity index (χ1n) is 10.4. The SMILES string of the molecule is CCOc1cccc(C2c3c(oc4ccc(Br)cc4c3=O)C(=O)N2CCCN(C)C)c1. The molecule has 0 radical (unpaired) electrons. The van der Waals surface area contributed by atoms with Crippen molar-refractivity contribution in [3.8, 4) is 5.75 Å². The second-order valence-corrected chi connectivity index (χ2v) is 8.79. The Hall–Kier alpha value is -2.64. The number of amides is 1. The van der Waals surface area contributed by atoms with Gasteiger partial charge in [0.2, 0.25) is 5.76 Å². The molecule has 31 heavy (non-hydrogen) atoms. The van der Waals surface area contributed by atoms with Gasteiger partial charge in [0.25, 0.3) is 5.91 Å². The van der Waals surface area contributed by atoms with Crippen LogP contribution in [0.4, 0.5) is 0 Å². The minimum atomic E-state index is -0.510. The number of ether oxygens (including phenoxy) is 1. The van der Waals surface area contributed by atoms with E-state index in [2.05, 4.69) is 20.8 Å². The summed E-state index contributed by atoms with van der Waals surface area (Å²) in [6, 6.07) is 12.3. The first-order chi connectivity index (χ1) is 14.9. The van der Waals surface area contributed by atoms with Gasteiger partial charge < -0.3 is 19.0 Å². The minimum Gasteiger partial charge on any atom is -0.494 e. The van der Waals surface area contributed by atoms with Crippen molar-refractivity contribution >= 4 is 32.8 Å². The summed E-state index contributed by atoms with van der Waals surface area (Å²) in [6.45, 7) is 3.82. The number of fused-ring (bicyclic) bond motifs is 2. The maximum atomic E-state index is 13.5. The van der Waals surface area contributed by atoms with E-state index in [0.717, 1.165) is 23.0 Å². The Kier molecular flexibility index (Phi) is 6.16. The van der Waals surface area contributed by atoms with Crippen LogP contribution in [0.1, 0.15) is 41.1 Å². The second-order valence-electron chi connectivity index (χ2n) is 7.88. The van der Waals surface area contributed by atoms with E-state index in [0.29, 0.717) is 35.4 Å². The summed E-state index contributed by atoms with van der Waals surface area (Å²) >= 11 is 3.43. The Balaban J connectivity index is 1.87. The van der Waals surface area contributed by atoms with E-state index in [9.17, 15) is 9.59 Å². The molecule has 1 atom stereocenters. The summed E-state index contributed by atoms with van der Waals surface area (Å²) in [5, 5.41) is 0.460. The van der Waals surface area contributed by atoms with Gasteiger partial charge in [-0.25, -0.2) is 0 Å². The van der Waals surface area contributed by atoms with E-state index in [1.54, 1.807) is 23.1 Å². The van der Waals surface area contributed by atoms with Gasteiger partial charge in [-0.2, -0.15) is 0 Å². The van der Waals surface area contributed by atoms with Crippen LogP contribution in [0.5, 0.6) is 5.75 Å². The molecule has 0 saturated heterocycles. The van der Waals surface area contributed by atoms with Gasteiger partial charge in [0.15, 0.2) is 5.43 Å². The lowest BCUT2D eigenvalue weighted by atomic mass is 9.98. The summed E-state index contributed by atoms with van der Waals surface area (Å²) in [4.78, 5) is 30.7. The summed E-state index contributed by atoms with van der Waals surface area (Å²) in [6.07, 6.45) is 0.785. The van der Waals surface area contributed by atoms with Gasteiger partial charge in [-0.1, -0.05) is 28.1 Å². The van der Waals surface area contributed by atoms with Gasteiger partial charge in [0, 0.05) is 11.0 Å². The molecule has 1 aliphatic heterocycles. The molecular weight excluding hydrogens is 460 g/mol. The minimum absolute atomic E-state index is 0.136. The number of hydrogen-bond acceptors (Lipinski definition) is 5. The van der Waals surface area contributed by atoms with Crippen LogP contribution in [-0.2, 0) is 0 Å². The maximum absolute atomic E-state index is 13.5. The Morgan fingerprint density at radius 2 is 1.97 bits per heavy atom. The Morgan fingerprint density at radius 3 is 2.71 bits per heavy atom. The molecule has 2 aromatic carbocycles. The number of nitrogens with zero attached hydrogens (tertiary/aromatic N) is 2. The summed E-state index contributed by atoms with van der Waals surface area (Å²) in [5.74, 6) is 0.598. The van der Waals surface area contributed by atoms with Crippen LogP contribution < -0.4 is 10.2 Å². The van der Waals surface area contributed by atoms with Crippen LogP contribution in [0, 0.1) is 0 Å². The highest BCUT2D eigenvalue weighted by molar-refractivity contribution is 9.10. The monoisotopic (exact) mass is 484 g/mol. The molecular formula is C24H25BrN2O4. The van der Waals surface area contributed by atoms with Crippen molar-refractivity contribution in [3.63, 3.8) is 0 Å². The number of halogens is 1. The molecule has 0 saturated carbocycles. The zero-order valence-electron chi connectivity index (χ0n) is 17.9. The lowest BCUT2D eigenvalue weighted by molar-refractivity contribution is 0.0722. The quantitative estimate of drug-likeness (QED) is 0.495. The van der Waals surface area contributed by atoms with Crippen LogP contribution in [-0.4, -0.2) is 49.5 Å². The number of carbonyl (C=O) groups excluding carboxylic acids is 1. The van der Waals surface area contributed by atoms with E-state index in [-0.39, 0.29) is 17.1 Å². The predicted molar refractivity (Wildman–Crippen MR) is 124 cm³/mol. The number of carbonyl (C=O) groups is 1. The maximum Gasteiger partial charge on any atom is 0.290 e. The van der Waals surface area contributed by atoms with Crippen LogP contribution in [0.15, 0.2) is 56.1 Å². The zero-order chi connectivity index (χ0) is 22.1. The van der Waals surface area contributed by atoms with E-state index in [1.165, 1.54) is 0 Å². The predicted octanol–water partition coefficient (Wildman–Crippen LogP) is 4.45. The molecule has 0 bridgehead atoms. The first-order valence-corrected chi connectivity index (χ1v) is 11.1. The average Bonchev–Trinajstić information content (AvgIpc) is 3.01. The summed E-state index contributed by atoms with van der Waals surface area (Å²) < 4.78 is 12.4. The van der Waals surface area contributed by atoms with Crippen molar-refractivity contribution in [3.05, 3.63) is 74.0 Å². The summed E-state index contributed by atoms with van der Waals surface area (Å²) in [5.41, 5.74) is 1.48. The third-order valence-corrected chi connectivity index (χ3v) is 5.91. The van der Waals surface area contributed by atoms with Crippen molar-refractivity contribution in [2.45, 2.75) is 19.4 Å². The third-order valence-electron chi connectivity index (χ3n) is 5.42. The van der Waals surface area contributed by atoms with Gasteiger partial charge in [-0.3, -0.25) is 9.59 Å². The molecule has 0 fully saturated rings. The van der Waals surface area contributed by atoms with Gasteiger partial charge in [0.1, 0.15) is 11.3 Å². The van der Waals surface area contributed by atoms with E-state index < -0.39 is 6.04 Å². The molecule has 162 valence electrons. The Bertz CT molecular complexity index is 1190. The van der Waals surface area contributed by atoms with Crippen LogP contribution in [0.2, 0.25) is 0 Å². The van der Waals surface area contributed by atoms with Gasteiger partial charge in [0.05, 0.1) is 23.6 Å². The first kappa shape index (κ1) is 21.6. The molecule has 0 aliphatic carbocycles. The molecule has 1 unspecified atom stereocenters. The van der Waals surface area contributed by atoms with Crippen molar-refractivity contribution < 1.29 is 13.9 Å². The van der Waals surface area contributed by atoms with Crippen molar-refractivity contribution in [1.29, 1.82) is 0 Å².